The zero-order chi connectivity index (χ0) is 28.3. The Bertz CT molecular complexity index is 1500. The van der Waals surface area contributed by atoms with Crippen molar-refractivity contribution in [2.24, 2.45) is 0 Å². The van der Waals surface area contributed by atoms with Gasteiger partial charge >= 0.3 is 0 Å². The Morgan fingerprint density at radius 3 is 2.67 bits per heavy atom. The van der Waals surface area contributed by atoms with Crippen molar-refractivity contribution >= 4 is 27.6 Å². The Morgan fingerprint density at radius 2 is 1.98 bits per heavy atom. The van der Waals surface area contributed by atoms with Gasteiger partial charge < -0.3 is 15.7 Å². The van der Waals surface area contributed by atoms with E-state index >= 15 is 0 Å². The maximum atomic E-state index is 11.8. The van der Waals surface area contributed by atoms with Crippen molar-refractivity contribution < 1.29 is 13.5 Å². The Morgan fingerprint density at radius 1 is 1.18 bits per heavy atom. The molecule has 3 aromatic rings. The summed E-state index contributed by atoms with van der Waals surface area (Å²) < 4.78 is 26.7. The number of aromatic nitrogens is 4. The number of nitrogens with zero attached hydrogens (tertiary/aromatic N) is 6. The van der Waals surface area contributed by atoms with Gasteiger partial charge in [0.25, 0.3) is 0 Å². The molecule has 1 saturated carbocycles. The number of halogens is 1. The number of aliphatic hydroxyl groups is 1. The van der Waals surface area contributed by atoms with E-state index in [0.717, 1.165) is 31.2 Å². The minimum atomic E-state index is -3.20. The molecule has 0 bridgehead atoms. The zero-order valence-corrected chi connectivity index (χ0v) is 23.9. The number of piperidine rings is 1. The second-order valence-electron chi connectivity index (χ2n) is 10.5. The second kappa shape index (κ2) is 12.2. The fourth-order valence-electron chi connectivity index (χ4n) is 5.30. The van der Waals surface area contributed by atoms with Crippen LogP contribution in [0.25, 0.3) is 16.9 Å². The lowest BCUT2D eigenvalue weighted by Crippen LogP contribution is -2.42. The lowest BCUT2D eigenvalue weighted by molar-refractivity contribution is 0.111. The number of benzene rings is 1. The molecule has 1 aromatic carbocycles. The molecule has 2 fully saturated rings. The first-order chi connectivity index (χ1) is 19.2. The first-order valence-electron chi connectivity index (χ1n) is 13.4. The minimum Gasteiger partial charge on any atom is -0.393 e. The maximum Gasteiger partial charge on any atom is 0.223 e. The van der Waals surface area contributed by atoms with E-state index in [2.05, 4.69) is 31.8 Å². The number of hydrogen-bond acceptors (Lipinski definition) is 9. The standard InChI is InChI=1S/C27H33ClN8O3S/c1-40(38,39)35-9-7-21(8-10-35)33-27-31-15-19(13-29)26(34-27)20-16-32-36(17-20)25-6-5-18(11-24(25)28)14-30-22-3-2-4-23(37)12-22/h5-6,11,15-17,21-23,30,37H,2-4,7-10,12,14H2,1H3,(H,31,33,34)/t22-,23+/m0/s1. The van der Waals surface area contributed by atoms with Crippen molar-refractivity contribution in [3.05, 3.63) is 52.9 Å². The van der Waals surface area contributed by atoms with Crippen molar-refractivity contribution in [2.75, 3.05) is 24.7 Å². The quantitative estimate of drug-likeness (QED) is 0.363. The first-order valence-corrected chi connectivity index (χ1v) is 15.7. The molecule has 2 aliphatic rings. The molecule has 5 rings (SSSR count). The van der Waals surface area contributed by atoms with Crippen LogP contribution in [0.2, 0.25) is 5.02 Å². The summed E-state index contributed by atoms with van der Waals surface area (Å²) in [6, 6.07) is 8.29. The lowest BCUT2D eigenvalue weighted by atomic mass is 9.93. The van der Waals surface area contributed by atoms with Gasteiger partial charge in [0.1, 0.15) is 6.07 Å². The van der Waals surface area contributed by atoms with Gasteiger partial charge in [0.05, 0.1) is 46.7 Å². The van der Waals surface area contributed by atoms with Crippen molar-refractivity contribution in [3.63, 3.8) is 0 Å². The van der Waals surface area contributed by atoms with Crippen LogP contribution in [0.4, 0.5) is 5.95 Å². The molecule has 0 unspecified atom stereocenters. The van der Waals surface area contributed by atoms with E-state index in [1.807, 2.05) is 18.2 Å². The predicted molar refractivity (Wildman–Crippen MR) is 152 cm³/mol. The summed E-state index contributed by atoms with van der Waals surface area (Å²) in [5, 5.41) is 31.4. The van der Waals surface area contributed by atoms with Gasteiger partial charge in [-0.3, -0.25) is 0 Å². The van der Waals surface area contributed by atoms with E-state index in [-0.39, 0.29) is 12.1 Å². The summed E-state index contributed by atoms with van der Waals surface area (Å²) in [4.78, 5) is 8.90. The molecule has 11 nitrogen and oxygen atoms in total. The van der Waals surface area contributed by atoms with Gasteiger partial charge in [-0.2, -0.15) is 10.4 Å². The van der Waals surface area contributed by atoms with Crippen LogP contribution in [-0.2, 0) is 16.6 Å². The van der Waals surface area contributed by atoms with E-state index in [9.17, 15) is 18.8 Å². The maximum absolute atomic E-state index is 11.8. The summed E-state index contributed by atoms with van der Waals surface area (Å²) >= 11 is 6.64. The predicted octanol–water partition coefficient (Wildman–Crippen LogP) is 3.08. The van der Waals surface area contributed by atoms with E-state index in [1.54, 1.807) is 17.1 Å². The first kappa shape index (κ1) is 28.4. The molecule has 40 heavy (non-hydrogen) atoms. The average molecular weight is 585 g/mol. The lowest BCUT2D eigenvalue weighted by Gasteiger charge is -2.30. The molecule has 2 atom stereocenters. The largest absolute Gasteiger partial charge is 0.393 e. The number of nitriles is 1. The fraction of sp³-hybridized carbons (Fsp3) is 0.481. The molecule has 212 valence electrons. The Hall–Kier alpha value is -3.08. The summed E-state index contributed by atoms with van der Waals surface area (Å²) in [6.45, 7) is 1.54. The van der Waals surface area contributed by atoms with Gasteiger partial charge in [0.15, 0.2) is 0 Å². The topological polar surface area (TPSA) is 149 Å². The Kier molecular flexibility index (Phi) is 8.68. The second-order valence-corrected chi connectivity index (χ2v) is 12.9. The van der Waals surface area contributed by atoms with Crippen LogP contribution in [0, 0.1) is 11.3 Å². The van der Waals surface area contributed by atoms with Crippen molar-refractivity contribution in [1.82, 2.24) is 29.4 Å². The molecule has 1 aliphatic carbocycles. The van der Waals surface area contributed by atoms with Crippen LogP contribution in [0.5, 0.6) is 0 Å². The Balaban J connectivity index is 1.27. The van der Waals surface area contributed by atoms with Crippen molar-refractivity contribution in [2.45, 2.75) is 63.3 Å². The van der Waals surface area contributed by atoms with Crippen LogP contribution >= 0.6 is 11.6 Å². The number of aliphatic hydroxyl groups excluding tert-OH is 1. The highest BCUT2D eigenvalue weighted by Gasteiger charge is 2.25. The number of sulfonamides is 1. The van der Waals surface area contributed by atoms with Gasteiger partial charge in [0.2, 0.25) is 16.0 Å². The van der Waals surface area contributed by atoms with Crippen LogP contribution in [0.15, 0.2) is 36.8 Å². The third kappa shape index (κ3) is 6.79. The van der Waals surface area contributed by atoms with Gasteiger partial charge in [0, 0.05) is 43.5 Å². The molecule has 3 heterocycles. The van der Waals surface area contributed by atoms with E-state index in [1.165, 1.54) is 16.8 Å². The number of nitrogens with one attached hydrogen (secondary N) is 2. The van der Waals surface area contributed by atoms with Gasteiger partial charge in [-0.25, -0.2) is 27.4 Å². The minimum absolute atomic E-state index is 0.0245. The van der Waals surface area contributed by atoms with Crippen LogP contribution in [-0.4, -0.2) is 75.1 Å². The molecule has 0 radical (unpaired) electrons. The fourth-order valence-corrected chi connectivity index (χ4v) is 6.47. The van der Waals surface area contributed by atoms with E-state index in [4.69, 9.17) is 11.6 Å². The van der Waals surface area contributed by atoms with E-state index in [0.29, 0.717) is 72.0 Å². The van der Waals surface area contributed by atoms with Crippen molar-refractivity contribution in [1.29, 1.82) is 5.26 Å². The summed E-state index contributed by atoms with van der Waals surface area (Å²) in [6.07, 6.45) is 10.9. The highest BCUT2D eigenvalue weighted by Crippen LogP contribution is 2.27. The SMILES string of the molecule is CS(=O)(=O)N1CCC(Nc2ncc(C#N)c(-c3cnn(-c4ccc(CN[C@H]5CCC[C@@H](O)C5)cc4Cl)c3)n2)CC1. The molecular formula is C27H33ClN8O3S. The van der Waals surface area contributed by atoms with Gasteiger partial charge in [-0.1, -0.05) is 17.7 Å². The number of hydrogen-bond donors (Lipinski definition) is 3. The smallest absolute Gasteiger partial charge is 0.223 e. The average Bonchev–Trinajstić information content (AvgIpc) is 3.42. The normalized spacial score (nSPS) is 20.8. The molecule has 1 saturated heterocycles. The third-order valence-electron chi connectivity index (χ3n) is 7.52. The Labute approximate surface area is 239 Å². The monoisotopic (exact) mass is 584 g/mol. The number of rotatable bonds is 8. The van der Waals surface area contributed by atoms with Crippen molar-refractivity contribution in [3.8, 4) is 23.0 Å². The number of anilines is 1. The molecule has 3 N–H and O–H groups in total. The highest BCUT2D eigenvalue weighted by atomic mass is 35.5. The molecule has 0 spiro atoms. The van der Waals surface area contributed by atoms with Gasteiger partial charge in [-0.15, -0.1) is 0 Å². The van der Waals surface area contributed by atoms with E-state index < -0.39 is 10.0 Å². The molecular weight excluding hydrogens is 552 g/mol. The molecule has 2 aromatic heterocycles. The summed E-state index contributed by atoms with van der Waals surface area (Å²) in [5.41, 5.74) is 3.16. The van der Waals surface area contributed by atoms with Crippen LogP contribution in [0.1, 0.15) is 49.7 Å². The van der Waals surface area contributed by atoms with Crippen LogP contribution in [0.3, 0.4) is 0 Å². The highest BCUT2D eigenvalue weighted by molar-refractivity contribution is 7.88. The molecule has 13 heteroatoms. The molecule has 1 aliphatic heterocycles. The third-order valence-corrected chi connectivity index (χ3v) is 9.13. The summed E-state index contributed by atoms with van der Waals surface area (Å²) in [7, 11) is -3.20. The van der Waals surface area contributed by atoms with Gasteiger partial charge in [-0.05, 0) is 56.2 Å². The molecule has 0 amide bonds. The zero-order valence-electron chi connectivity index (χ0n) is 22.3. The van der Waals surface area contributed by atoms with Crippen LogP contribution < -0.4 is 10.6 Å². The summed E-state index contributed by atoms with van der Waals surface area (Å²) in [5.74, 6) is 0.375.